The number of benzene rings is 1. The Morgan fingerprint density at radius 1 is 1.32 bits per heavy atom. The van der Waals surface area contributed by atoms with Gasteiger partial charge in [0.05, 0.1) is 6.61 Å². The molecular weight excluding hydrogens is 242 g/mol. The lowest BCUT2D eigenvalue weighted by Gasteiger charge is -2.20. The van der Waals surface area contributed by atoms with E-state index in [9.17, 15) is 4.79 Å². The van der Waals surface area contributed by atoms with Gasteiger partial charge in [0, 0.05) is 12.1 Å². The van der Waals surface area contributed by atoms with Gasteiger partial charge in [-0.15, -0.1) is 0 Å². The number of hydrogen-bond acceptors (Lipinski definition) is 4. The standard InChI is InChI=1S/C15H23NO3/c1-5-18-14(17)11-19-13-8-6-7-12(9-13)10-16-15(2,3)4/h6-9,16H,5,10-11H2,1-4H3. The van der Waals surface area contributed by atoms with Crippen molar-refractivity contribution in [3.8, 4) is 5.75 Å². The zero-order valence-corrected chi connectivity index (χ0v) is 12.2. The minimum absolute atomic E-state index is 0.0516. The molecule has 0 spiro atoms. The van der Waals surface area contributed by atoms with Crippen LogP contribution in [0.1, 0.15) is 33.3 Å². The zero-order valence-electron chi connectivity index (χ0n) is 12.2. The molecule has 0 aliphatic rings. The number of nitrogens with one attached hydrogen (secondary N) is 1. The summed E-state index contributed by atoms with van der Waals surface area (Å²) in [6.45, 7) is 9.22. The third kappa shape index (κ3) is 6.82. The molecule has 4 nitrogen and oxygen atoms in total. The molecule has 0 amide bonds. The predicted molar refractivity (Wildman–Crippen MR) is 75.2 cm³/mol. The average Bonchev–Trinajstić information content (AvgIpc) is 2.34. The highest BCUT2D eigenvalue weighted by Crippen LogP contribution is 2.14. The van der Waals surface area contributed by atoms with E-state index in [0.717, 1.165) is 12.1 Å². The van der Waals surface area contributed by atoms with Crippen LogP contribution in [0.2, 0.25) is 0 Å². The zero-order chi connectivity index (χ0) is 14.3. The molecule has 0 heterocycles. The number of ether oxygens (including phenoxy) is 2. The first-order chi connectivity index (χ1) is 8.90. The Bertz CT molecular complexity index is 410. The van der Waals surface area contributed by atoms with E-state index in [1.54, 1.807) is 6.92 Å². The molecule has 0 aromatic heterocycles. The van der Waals surface area contributed by atoms with Crippen LogP contribution in [0.25, 0.3) is 0 Å². The molecule has 106 valence electrons. The molecule has 19 heavy (non-hydrogen) atoms. The summed E-state index contributed by atoms with van der Waals surface area (Å²) in [6.07, 6.45) is 0. The lowest BCUT2D eigenvalue weighted by Crippen LogP contribution is -2.35. The van der Waals surface area contributed by atoms with Crippen molar-refractivity contribution in [2.24, 2.45) is 0 Å². The van der Waals surface area contributed by atoms with Crippen molar-refractivity contribution in [2.45, 2.75) is 39.8 Å². The molecule has 0 aliphatic heterocycles. The summed E-state index contributed by atoms with van der Waals surface area (Å²) < 4.78 is 10.2. The molecule has 0 saturated heterocycles. The van der Waals surface area contributed by atoms with Crippen molar-refractivity contribution >= 4 is 5.97 Å². The normalized spacial score (nSPS) is 11.2. The quantitative estimate of drug-likeness (QED) is 0.803. The van der Waals surface area contributed by atoms with Crippen molar-refractivity contribution in [1.82, 2.24) is 5.32 Å². The Hall–Kier alpha value is -1.55. The predicted octanol–water partition coefficient (Wildman–Crippen LogP) is 2.52. The minimum Gasteiger partial charge on any atom is -0.482 e. The summed E-state index contributed by atoms with van der Waals surface area (Å²) in [6, 6.07) is 7.70. The molecule has 1 N–H and O–H groups in total. The van der Waals surface area contributed by atoms with Crippen LogP contribution in [0.15, 0.2) is 24.3 Å². The maximum atomic E-state index is 11.2. The maximum absolute atomic E-state index is 11.2. The second-order valence-electron chi connectivity index (χ2n) is 5.34. The SMILES string of the molecule is CCOC(=O)COc1cccc(CNC(C)(C)C)c1. The molecule has 1 aromatic rings. The molecule has 4 heteroatoms. The first-order valence-corrected chi connectivity index (χ1v) is 6.53. The van der Waals surface area contributed by atoms with Gasteiger partial charge in [-0.2, -0.15) is 0 Å². The van der Waals surface area contributed by atoms with Gasteiger partial charge < -0.3 is 14.8 Å². The number of esters is 1. The number of rotatable bonds is 6. The second-order valence-corrected chi connectivity index (χ2v) is 5.34. The second kappa shape index (κ2) is 7.14. The van der Waals surface area contributed by atoms with Gasteiger partial charge >= 0.3 is 5.97 Å². The topological polar surface area (TPSA) is 47.6 Å². The van der Waals surface area contributed by atoms with Gasteiger partial charge in [-0.1, -0.05) is 12.1 Å². The van der Waals surface area contributed by atoms with Crippen molar-refractivity contribution in [2.75, 3.05) is 13.2 Å². The van der Waals surface area contributed by atoms with Crippen LogP contribution in [-0.4, -0.2) is 24.7 Å². The smallest absolute Gasteiger partial charge is 0.344 e. The fraction of sp³-hybridized carbons (Fsp3) is 0.533. The molecule has 0 fully saturated rings. The van der Waals surface area contributed by atoms with Crippen LogP contribution in [-0.2, 0) is 16.1 Å². The molecule has 0 radical (unpaired) electrons. The molecular formula is C15H23NO3. The van der Waals surface area contributed by atoms with Crippen LogP contribution in [0, 0.1) is 0 Å². The lowest BCUT2D eigenvalue weighted by atomic mass is 10.1. The van der Waals surface area contributed by atoms with E-state index >= 15 is 0 Å². The van der Waals surface area contributed by atoms with E-state index in [-0.39, 0.29) is 18.1 Å². The van der Waals surface area contributed by atoms with Crippen molar-refractivity contribution < 1.29 is 14.3 Å². The molecule has 0 aliphatic carbocycles. The highest BCUT2D eigenvalue weighted by atomic mass is 16.6. The monoisotopic (exact) mass is 265 g/mol. The van der Waals surface area contributed by atoms with Gasteiger partial charge in [0.15, 0.2) is 6.61 Å². The molecule has 0 bridgehead atoms. The number of hydrogen-bond donors (Lipinski definition) is 1. The number of carbonyl (C=O) groups is 1. The third-order valence-electron chi connectivity index (χ3n) is 2.38. The van der Waals surface area contributed by atoms with Crippen LogP contribution in [0.4, 0.5) is 0 Å². The largest absolute Gasteiger partial charge is 0.482 e. The van der Waals surface area contributed by atoms with E-state index in [2.05, 4.69) is 26.1 Å². The summed E-state index contributed by atoms with van der Waals surface area (Å²) in [5.74, 6) is 0.335. The van der Waals surface area contributed by atoms with Gasteiger partial charge in [0.1, 0.15) is 5.75 Å². The Morgan fingerprint density at radius 3 is 2.68 bits per heavy atom. The van der Waals surface area contributed by atoms with Gasteiger partial charge in [-0.3, -0.25) is 0 Å². The maximum Gasteiger partial charge on any atom is 0.344 e. The Balaban J connectivity index is 2.50. The van der Waals surface area contributed by atoms with E-state index in [1.165, 1.54) is 0 Å². The highest BCUT2D eigenvalue weighted by Gasteiger charge is 2.09. The van der Waals surface area contributed by atoms with Crippen molar-refractivity contribution in [1.29, 1.82) is 0 Å². The van der Waals surface area contributed by atoms with Crippen molar-refractivity contribution in [3.63, 3.8) is 0 Å². The van der Waals surface area contributed by atoms with Gasteiger partial charge in [-0.25, -0.2) is 4.79 Å². The molecule has 0 atom stereocenters. The average molecular weight is 265 g/mol. The van der Waals surface area contributed by atoms with Gasteiger partial charge in [-0.05, 0) is 45.4 Å². The summed E-state index contributed by atoms with van der Waals surface area (Å²) >= 11 is 0. The van der Waals surface area contributed by atoms with E-state index in [4.69, 9.17) is 9.47 Å². The highest BCUT2D eigenvalue weighted by molar-refractivity contribution is 5.71. The lowest BCUT2D eigenvalue weighted by molar-refractivity contribution is -0.145. The summed E-state index contributed by atoms with van der Waals surface area (Å²) in [5.41, 5.74) is 1.19. The van der Waals surface area contributed by atoms with E-state index in [1.807, 2.05) is 24.3 Å². The Kier molecular flexibility index (Phi) is 5.83. The molecule has 0 saturated carbocycles. The van der Waals surface area contributed by atoms with Crippen LogP contribution in [0.5, 0.6) is 5.75 Å². The van der Waals surface area contributed by atoms with Gasteiger partial charge in [0.25, 0.3) is 0 Å². The fourth-order valence-electron chi connectivity index (χ4n) is 1.46. The number of carbonyl (C=O) groups excluding carboxylic acids is 1. The molecule has 1 aromatic carbocycles. The summed E-state index contributed by atoms with van der Waals surface area (Å²) in [5, 5.41) is 3.40. The molecule has 1 rings (SSSR count). The summed E-state index contributed by atoms with van der Waals surface area (Å²) in [4.78, 5) is 11.2. The Labute approximate surface area is 115 Å². The minimum atomic E-state index is -0.347. The fourth-order valence-corrected chi connectivity index (χ4v) is 1.46. The molecule has 0 unspecified atom stereocenters. The Morgan fingerprint density at radius 2 is 2.05 bits per heavy atom. The third-order valence-corrected chi connectivity index (χ3v) is 2.38. The van der Waals surface area contributed by atoms with Crippen molar-refractivity contribution in [3.05, 3.63) is 29.8 Å². The van der Waals surface area contributed by atoms with Crippen LogP contribution < -0.4 is 10.1 Å². The van der Waals surface area contributed by atoms with E-state index < -0.39 is 0 Å². The first-order valence-electron chi connectivity index (χ1n) is 6.53. The van der Waals surface area contributed by atoms with Crippen LogP contribution in [0.3, 0.4) is 0 Å². The summed E-state index contributed by atoms with van der Waals surface area (Å²) in [7, 11) is 0. The van der Waals surface area contributed by atoms with Gasteiger partial charge in [0.2, 0.25) is 0 Å². The van der Waals surface area contributed by atoms with E-state index in [0.29, 0.717) is 12.4 Å². The van der Waals surface area contributed by atoms with Crippen LogP contribution >= 0.6 is 0 Å². The first kappa shape index (κ1) is 15.5.